The SMILES string of the molecule is CCOC(=O)[C@H](C)Nc1cccc(OC)c1. The molecule has 0 saturated carbocycles. The number of ether oxygens (including phenoxy) is 2. The maximum Gasteiger partial charge on any atom is 0.328 e. The van der Waals surface area contributed by atoms with Gasteiger partial charge in [-0.05, 0) is 26.0 Å². The summed E-state index contributed by atoms with van der Waals surface area (Å²) in [4.78, 5) is 11.4. The van der Waals surface area contributed by atoms with Gasteiger partial charge in [0.1, 0.15) is 11.8 Å². The lowest BCUT2D eigenvalue weighted by molar-refractivity contribution is -0.143. The number of carbonyl (C=O) groups is 1. The lowest BCUT2D eigenvalue weighted by Crippen LogP contribution is -2.28. The van der Waals surface area contributed by atoms with Crippen molar-refractivity contribution < 1.29 is 14.3 Å². The van der Waals surface area contributed by atoms with Gasteiger partial charge in [0, 0.05) is 11.8 Å². The maximum atomic E-state index is 11.4. The Morgan fingerprint density at radius 2 is 2.25 bits per heavy atom. The fraction of sp³-hybridized carbons (Fsp3) is 0.417. The van der Waals surface area contributed by atoms with Gasteiger partial charge in [-0.1, -0.05) is 6.07 Å². The Morgan fingerprint density at radius 3 is 2.88 bits per heavy atom. The van der Waals surface area contributed by atoms with E-state index in [0.717, 1.165) is 11.4 Å². The summed E-state index contributed by atoms with van der Waals surface area (Å²) in [5, 5.41) is 3.05. The molecule has 1 atom stereocenters. The Bertz CT molecular complexity index is 352. The molecule has 88 valence electrons. The molecule has 0 radical (unpaired) electrons. The number of esters is 1. The molecule has 0 aliphatic carbocycles. The Hall–Kier alpha value is -1.71. The van der Waals surface area contributed by atoms with E-state index >= 15 is 0 Å². The van der Waals surface area contributed by atoms with E-state index in [-0.39, 0.29) is 12.0 Å². The molecule has 0 aliphatic rings. The second-order valence-corrected chi connectivity index (χ2v) is 3.35. The standard InChI is InChI=1S/C12H17NO3/c1-4-16-12(14)9(2)13-10-6-5-7-11(8-10)15-3/h5-9,13H,4H2,1-3H3/t9-/m0/s1. The van der Waals surface area contributed by atoms with Crippen molar-refractivity contribution in [2.45, 2.75) is 19.9 Å². The van der Waals surface area contributed by atoms with Gasteiger partial charge in [-0.25, -0.2) is 4.79 Å². The molecule has 1 rings (SSSR count). The molecule has 4 nitrogen and oxygen atoms in total. The van der Waals surface area contributed by atoms with E-state index in [1.807, 2.05) is 24.3 Å². The van der Waals surface area contributed by atoms with E-state index in [9.17, 15) is 4.79 Å². The van der Waals surface area contributed by atoms with Crippen molar-refractivity contribution in [3.8, 4) is 5.75 Å². The third kappa shape index (κ3) is 3.46. The van der Waals surface area contributed by atoms with E-state index < -0.39 is 0 Å². The predicted octanol–water partition coefficient (Wildman–Crippen LogP) is 2.06. The first-order valence-corrected chi connectivity index (χ1v) is 5.24. The number of benzene rings is 1. The predicted molar refractivity (Wildman–Crippen MR) is 62.7 cm³/mol. The summed E-state index contributed by atoms with van der Waals surface area (Å²) < 4.78 is 9.99. The molecule has 0 bridgehead atoms. The maximum absolute atomic E-state index is 11.4. The lowest BCUT2D eigenvalue weighted by atomic mass is 10.2. The average molecular weight is 223 g/mol. The van der Waals surface area contributed by atoms with E-state index in [1.54, 1.807) is 21.0 Å². The average Bonchev–Trinajstić information content (AvgIpc) is 2.29. The fourth-order valence-electron chi connectivity index (χ4n) is 1.29. The van der Waals surface area contributed by atoms with E-state index in [0.29, 0.717) is 6.61 Å². The van der Waals surface area contributed by atoms with Crippen molar-refractivity contribution in [1.82, 2.24) is 0 Å². The highest BCUT2D eigenvalue weighted by molar-refractivity contribution is 5.78. The van der Waals surface area contributed by atoms with Crippen LogP contribution >= 0.6 is 0 Å². The van der Waals surface area contributed by atoms with Crippen LogP contribution in [-0.4, -0.2) is 25.7 Å². The summed E-state index contributed by atoms with van der Waals surface area (Å²) in [7, 11) is 1.61. The molecule has 0 amide bonds. The number of carbonyl (C=O) groups excluding carboxylic acids is 1. The zero-order valence-electron chi connectivity index (χ0n) is 9.82. The first-order chi connectivity index (χ1) is 7.67. The summed E-state index contributed by atoms with van der Waals surface area (Å²) in [5.41, 5.74) is 0.833. The van der Waals surface area contributed by atoms with Crippen molar-refractivity contribution in [2.24, 2.45) is 0 Å². The number of anilines is 1. The van der Waals surface area contributed by atoms with Gasteiger partial charge in [0.25, 0.3) is 0 Å². The summed E-state index contributed by atoms with van der Waals surface area (Å²) in [6.07, 6.45) is 0. The van der Waals surface area contributed by atoms with Crippen LogP contribution in [0.2, 0.25) is 0 Å². The first kappa shape index (κ1) is 12.4. The van der Waals surface area contributed by atoms with Gasteiger partial charge in [0.15, 0.2) is 0 Å². The first-order valence-electron chi connectivity index (χ1n) is 5.24. The van der Waals surface area contributed by atoms with Gasteiger partial charge in [0.2, 0.25) is 0 Å². The minimum Gasteiger partial charge on any atom is -0.497 e. The van der Waals surface area contributed by atoms with Gasteiger partial charge in [0.05, 0.1) is 13.7 Å². The molecular weight excluding hydrogens is 206 g/mol. The van der Waals surface area contributed by atoms with Crippen LogP contribution in [0.15, 0.2) is 24.3 Å². The quantitative estimate of drug-likeness (QED) is 0.776. The third-order valence-corrected chi connectivity index (χ3v) is 2.09. The Labute approximate surface area is 95.6 Å². The summed E-state index contributed by atoms with van der Waals surface area (Å²) in [5.74, 6) is 0.492. The normalized spacial score (nSPS) is 11.7. The zero-order valence-corrected chi connectivity index (χ0v) is 9.82. The van der Waals surface area contributed by atoms with Gasteiger partial charge in [-0.15, -0.1) is 0 Å². The largest absolute Gasteiger partial charge is 0.497 e. The van der Waals surface area contributed by atoms with Crippen LogP contribution in [0.4, 0.5) is 5.69 Å². The van der Waals surface area contributed by atoms with Crippen molar-refractivity contribution in [3.05, 3.63) is 24.3 Å². The molecule has 1 aromatic carbocycles. The molecule has 1 aromatic rings. The van der Waals surface area contributed by atoms with Gasteiger partial charge >= 0.3 is 5.97 Å². The molecule has 0 aliphatic heterocycles. The van der Waals surface area contributed by atoms with Crippen LogP contribution in [0.1, 0.15) is 13.8 Å². The number of methoxy groups -OCH3 is 1. The summed E-state index contributed by atoms with van der Waals surface area (Å²) in [6.45, 7) is 3.94. The number of nitrogens with one attached hydrogen (secondary N) is 1. The molecule has 0 aromatic heterocycles. The minimum atomic E-state index is -0.368. The van der Waals surface area contributed by atoms with Crippen LogP contribution in [0.3, 0.4) is 0 Å². The van der Waals surface area contributed by atoms with Crippen LogP contribution in [0.5, 0.6) is 5.75 Å². The van der Waals surface area contributed by atoms with Crippen molar-refractivity contribution >= 4 is 11.7 Å². The Balaban J connectivity index is 2.61. The van der Waals surface area contributed by atoms with E-state index in [2.05, 4.69) is 5.32 Å². The summed E-state index contributed by atoms with van der Waals surface area (Å²) >= 11 is 0. The highest BCUT2D eigenvalue weighted by atomic mass is 16.5. The molecule has 0 fully saturated rings. The molecule has 0 saturated heterocycles. The lowest BCUT2D eigenvalue weighted by Gasteiger charge is -2.14. The minimum absolute atomic E-state index is 0.259. The van der Waals surface area contributed by atoms with Crippen LogP contribution < -0.4 is 10.1 Å². The van der Waals surface area contributed by atoms with E-state index in [1.165, 1.54) is 0 Å². The molecular formula is C12H17NO3. The van der Waals surface area contributed by atoms with Crippen LogP contribution in [0.25, 0.3) is 0 Å². The number of hydrogen-bond acceptors (Lipinski definition) is 4. The molecule has 0 spiro atoms. The van der Waals surface area contributed by atoms with Crippen LogP contribution in [0, 0.1) is 0 Å². The Kier molecular flexibility index (Phi) is 4.64. The number of rotatable bonds is 5. The zero-order chi connectivity index (χ0) is 12.0. The third-order valence-electron chi connectivity index (χ3n) is 2.09. The Morgan fingerprint density at radius 1 is 1.50 bits per heavy atom. The second kappa shape index (κ2) is 6.00. The van der Waals surface area contributed by atoms with Gasteiger partial charge < -0.3 is 14.8 Å². The smallest absolute Gasteiger partial charge is 0.328 e. The van der Waals surface area contributed by atoms with E-state index in [4.69, 9.17) is 9.47 Å². The summed E-state index contributed by atoms with van der Waals surface area (Å²) in [6, 6.07) is 7.04. The van der Waals surface area contributed by atoms with Crippen LogP contribution in [-0.2, 0) is 9.53 Å². The highest BCUT2D eigenvalue weighted by Crippen LogP contribution is 2.17. The van der Waals surface area contributed by atoms with Gasteiger partial charge in [-0.2, -0.15) is 0 Å². The van der Waals surface area contributed by atoms with Gasteiger partial charge in [-0.3, -0.25) is 0 Å². The van der Waals surface area contributed by atoms with Crippen molar-refractivity contribution in [3.63, 3.8) is 0 Å². The highest BCUT2D eigenvalue weighted by Gasteiger charge is 2.13. The molecule has 1 N–H and O–H groups in total. The molecule has 4 heteroatoms. The topological polar surface area (TPSA) is 47.6 Å². The molecule has 0 heterocycles. The monoisotopic (exact) mass is 223 g/mol. The molecule has 0 unspecified atom stereocenters. The van der Waals surface area contributed by atoms with Crippen molar-refractivity contribution in [2.75, 3.05) is 19.0 Å². The molecule has 16 heavy (non-hydrogen) atoms. The fourth-order valence-corrected chi connectivity index (χ4v) is 1.29. The van der Waals surface area contributed by atoms with Crippen molar-refractivity contribution in [1.29, 1.82) is 0 Å². The second-order valence-electron chi connectivity index (χ2n) is 3.35. The number of hydrogen-bond donors (Lipinski definition) is 1.